The van der Waals surface area contributed by atoms with Crippen molar-refractivity contribution in [3.05, 3.63) is 28.5 Å². The molecule has 0 spiro atoms. The van der Waals surface area contributed by atoms with Crippen LogP contribution in [-0.2, 0) is 4.79 Å². The van der Waals surface area contributed by atoms with Crippen molar-refractivity contribution in [1.29, 1.82) is 0 Å². The second-order valence-electron chi connectivity index (χ2n) is 2.99. The molecule has 0 fully saturated rings. The summed E-state index contributed by atoms with van der Waals surface area (Å²) in [5.41, 5.74) is 0.250. The first-order valence-corrected chi connectivity index (χ1v) is 5.66. The van der Waals surface area contributed by atoms with Gasteiger partial charge in [-0.05, 0) is 18.2 Å². The molecular weight excluding hydrogens is 284 g/mol. The Bertz CT molecular complexity index is 372. The Balaban J connectivity index is 2.94. The van der Waals surface area contributed by atoms with Gasteiger partial charge in [0, 0.05) is 23.8 Å². The van der Waals surface area contributed by atoms with Crippen LogP contribution < -0.4 is 4.90 Å². The summed E-state index contributed by atoms with van der Waals surface area (Å²) in [5.74, 6) is -0.399. The first-order valence-electron chi connectivity index (χ1n) is 4.34. The number of nitrogens with zero attached hydrogens (tertiary/aromatic N) is 1. The number of benzene rings is 1. The Kier molecular flexibility index (Phi) is 4.54. The maximum absolute atomic E-state index is 13.4. The van der Waals surface area contributed by atoms with Crippen LogP contribution in [0.2, 0.25) is 0 Å². The van der Waals surface area contributed by atoms with Gasteiger partial charge in [-0.1, -0.05) is 15.9 Å². The maximum Gasteiger partial charge on any atom is 0.228 e. The quantitative estimate of drug-likeness (QED) is 0.784. The van der Waals surface area contributed by atoms with Gasteiger partial charge in [0.25, 0.3) is 0 Å². The van der Waals surface area contributed by atoms with Crippen molar-refractivity contribution in [1.82, 2.24) is 0 Å². The minimum atomic E-state index is -0.427. The fraction of sp³-hybridized carbons (Fsp3) is 0.300. The molecule has 5 heteroatoms. The summed E-state index contributed by atoms with van der Waals surface area (Å²) in [4.78, 5) is 12.7. The van der Waals surface area contributed by atoms with Gasteiger partial charge in [-0.15, -0.1) is 11.6 Å². The van der Waals surface area contributed by atoms with Crippen molar-refractivity contribution in [2.24, 2.45) is 0 Å². The van der Waals surface area contributed by atoms with Crippen LogP contribution >= 0.6 is 27.5 Å². The van der Waals surface area contributed by atoms with Gasteiger partial charge in [0.05, 0.1) is 5.69 Å². The van der Waals surface area contributed by atoms with Crippen LogP contribution in [0, 0.1) is 5.82 Å². The lowest BCUT2D eigenvalue weighted by Gasteiger charge is -2.17. The third kappa shape index (κ3) is 3.18. The van der Waals surface area contributed by atoms with Crippen LogP contribution in [0.4, 0.5) is 10.1 Å². The molecular formula is C10H10BrClFNO. The lowest BCUT2D eigenvalue weighted by atomic mass is 10.2. The van der Waals surface area contributed by atoms with Gasteiger partial charge in [0.2, 0.25) is 5.91 Å². The SMILES string of the molecule is CN(C(=O)CCCl)c1cc(Br)ccc1F. The van der Waals surface area contributed by atoms with Crippen molar-refractivity contribution in [3.8, 4) is 0 Å². The average Bonchev–Trinajstić information content (AvgIpc) is 2.21. The van der Waals surface area contributed by atoms with Crippen molar-refractivity contribution >= 4 is 39.1 Å². The number of carbonyl (C=O) groups is 1. The Morgan fingerprint density at radius 2 is 2.27 bits per heavy atom. The van der Waals surface area contributed by atoms with E-state index >= 15 is 0 Å². The number of hydrogen-bond donors (Lipinski definition) is 0. The van der Waals surface area contributed by atoms with E-state index in [1.165, 1.54) is 18.0 Å². The maximum atomic E-state index is 13.4. The van der Waals surface area contributed by atoms with Crippen molar-refractivity contribution in [2.75, 3.05) is 17.8 Å². The second kappa shape index (κ2) is 5.47. The van der Waals surface area contributed by atoms with E-state index in [4.69, 9.17) is 11.6 Å². The highest BCUT2D eigenvalue weighted by molar-refractivity contribution is 9.10. The number of rotatable bonds is 3. The summed E-state index contributed by atoms with van der Waals surface area (Å²) >= 11 is 8.67. The number of hydrogen-bond acceptors (Lipinski definition) is 1. The van der Waals surface area contributed by atoms with Gasteiger partial charge in [-0.25, -0.2) is 4.39 Å². The van der Waals surface area contributed by atoms with Gasteiger partial charge in [-0.2, -0.15) is 0 Å². The standard InChI is InChI=1S/C10H10BrClFNO/c1-14(10(15)4-5-12)9-6-7(11)2-3-8(9)13/h2-3,6H,4-5H2,1H3. The molecule has 0 bridgehead atoms. The Labute approximate surface area is 101 Å². The van der Waals surface area contributed by atoms with Crippen LogP contribution in [0.25, 0.3) is 0 Å². The zero-order valence-electron chi connectivity index (χ0n) is 8.14. The molecule has 0 aliphatic carbocycles. The Hall–Kier alpha value is -0.610. The summed E-state index contributed by atoms with van der Waals surface area (Å²) in [6.07, 6.45) is 0.198. The summed E-state index contributed by atoms with van der Waals surface area (Å²) in [7, 11) is 1.53. The van der Waals surface area contributed by atoms with E-state index in [0.29, 0.717) is 0 Å². The van der Waals surface area contributed by atoms with Gasteiger partial charge < -0.3 is 4.90 Å². The summed E-state index contributed by atoms with van der Waals surface area (Å²) < 4.78 is 14.1. The lowest BCUT2D eigenvalue weighted by Crippen LogP contribution is -2.27. The smallest absolute Gasteiger partial charge is 0.228 e. The summed E-state index contributed by atoms with van der Waals surface area (Å²) in [6.45, 7) is 0. The van der Waals surface area contributed by atoms with Crippen molar-refractivity contribution in [3.63, 3.8) is 0 Å². The van der Waals surface area contributed by atoms with E-state index in [2.05, 4.69) is 15.9 Å². The first-order chi connectivity index (χ1) is 7.06. The van der Waals surface area contributed by atoms with E-state index in [-0.39, 0.29) is 23.9 Å². The van der Waals surface area contributed by atoms with Crippen LogP contribution in [0.5, 0.6) is 0 Å². The molecule has 1 aromatic carbocycles. The first kappa shape index (κ1) is 12.5. The summed E-state index contributed by atoms with van der Waals surface area (Å²) in [6, 6.07) is 4.45. The molecule has 0 N–H and O–H groups in total. The molecule has 82 valence electrons. The minimum absolute atomic E-state index is 0.198. The van der Waals surface area contributed by atoms with Gasteiger partial charge in [-0.3, -0.25) is 4.79 Å². The van der Waals surface area contributed by atoms with Crippen LogP contribution in [0.3, 0.4) is 0 Å². The largest absolute Gasteiger partial charge is 0.313 e. The van der Waals surface area contributed by atoms with Gasteiger partial charge in [0.15, 0.2) is 0 Å². The number of carbonyl (C=O) groups excluding carboxylic acids is 1. The van der Waals surface area contributed by atoms with Crippen LogP contribution in [-0.4, -0.2) is 18.8 Å². The Morgan fingerprint density at radius 3 is 2.87 bits per heavy atom. The lowest BCUT2D eigenvalue weighted by molar-refractivity contribution is -0.117. The average molecular weight is 295 g/mol. The molecule has 0 aromatic heterocycles. The summed E-state index contributed by atoms with van der Waals surface area (Å²) in [5, 5.41) is 0. The molecule has 0 aliphatic heterocycles. The van der Waals surface area contributed by atoms with E-state index in [1.54, 1.807) is 12.1 Å². The fourth-order valence-corrected chi connectivity index (χ4v) is 1.64. The monoisotopic (exact) mass is 293 g/mol. The van der Waals surface area contributed by atoms with Crippen molar-refractivity contribution in [2.45, 2.75) is 6.42 Å². The van der Waals surface area contributed by atoms with Gasteiger partial charge in [0.1, 0.15) is 5.82 Å². The van der Waals surface area contributed by atoms with E-state index in [0.717, 1.165) is 4.47 Å². The predicted octanol–water partition coefficient (Wildman–Crippen LogP) is 3.18. The molecule has 0 atom stereocenters. The third-order valence-corrected chi connectivity index (χ3v) is 2.63. The third-order valence-electron chi connectivity index (χ3n) is 1.95. The molecule has 0 aliphatic rings. The minimum Gasteiger partial charge on any atom is -0.313 e. The molecule has 0 saturated carbocycles. The Morgan fingerprint density at radius 1 is 1.60 bits per heavy atom. The zero-order chi connectivity index (χ0) is 11.4. The van der Waals surface area contributed by atoms with E-state index in [1.807, 2.05) is 0 Å². The number of amides is 1. The number of halogens is 3. The predicted molar refractivity (Wildman–Crippen MR) is 62.8 cm³/mol. The molecule has 0 unspecified atom stereocenters. The zero-order valence-corrected chi connectivity index (χ0v) is 10.5. The van der Waals surface area contributed by atoms with Crippen LogP contribution in [0.15, 0.2) is 22.7 Å². The molecule has 15 heavy (non-hydrogen) atoms. The molecule has 1 rings (SSSR count). The topological polar surface area (TPSA) is 20.3 Å². The highest BCUT2D eigenvalue weighted by Gasteiger charge is 2.14. The molecule has 0 radical (unpaired) electrons. The van der Waals surface area contributed by atoms with Crippen molar-refractivity contribution < 1.29 is 9.18 Å². The van der Waals surface area contributed by atoms with E-state index < -0.39 is 5.82 Å². The fourth-order valence-electron chi connectivity index (χ4n) is 1.13. The molecule has 2 nitrogen and oxygen atoms in total. The molecule has 1 aromatic rings. The number of alkyl halides is 1. The van der Waals surface area contributed by atoms with E-state index in [9.17, 15) is 9.18 Å². The second-order valence-corrected chi connectivity index (χ2v) is 4.28. The molecule has 0 heterocycles. The highest BCUT2D eigenvalue weighted by atomic mass is 79.9. The number of anilines is 1. The van der Waals surface area contributed by atoms with Gasteiger partial charge >= 0.3 is 0 Å². The molecule has 1 amide bonds. The highest BCUT2D eigenvalue weighted by Crippen LogP contribution is 2.23. The molecule has 0 saturated heterocycles. The van der Waals surface area contributed by atoms with Crippen LogP contribution in [0.1, 0.15) is 6.42 Å². The normalized spacial score (nSPS) is 10.1.